The van der Waals surface area contributed by atoms with Crippen molar-refractivity contribution in [2.24, 2.45) is 0 Å². The van der Waals surface area contributed by atoms with Crippen LogP contribution in [0.2, 0.25) is 0 Å². The average Bonchev–Trinajstić information content (AvgIpc) is 2.47. The Balaban J connectivity index is 2.56. The lowest BCUT2D eigenvalue weighted by molar-refractivity contribution is -0.481. The van der Waals surface area contributed by atoms with E-state index in [1.807, 2.05) is 0 Å². The van der Waals surface area contributed by atoms with Crippen LogP contribution in [0.4, 0.5) is 0 Å². The summed E-state index contributed by atoms with van der Waals surface area (Å²) < 4.78 is 1.43. The van der Waals surface area contributed by atoms with Crippen LogP contribution >= 0.6 is 11.6 Å². The van der Waals surface area contributed by atoms with Gasteiger partial charge < -0.3 is 0 Å². The van der Waals surface area contributed by atoms with Crippen LogP contribution in [-0.4, -0.2) is 26.5 Å². The molecule has 0 aliphatic heterocycles. The van der Waals surface area contributed by atoms with Crippen molar-refractivity contribution in [3.63, 3.8) is 0 Å². The molecular weight excluding hydrogens is 184 g/mol. The first kappa shape index (κ1) is 8.92. The molecule has 0 saturated heterocycles. The second kappa shape index (κ2) is 4.01. The first-order chi connectivity index (χ1) is 5.74. The first-order valence-electron chi connectivity index (χ1n) is 3.29. The molecule has 0 amide bonds. The maximum Gasteiger partial charge on any atom is 0.223 e. The molecule has 0 aromatic carbocycles. The van der Waals surface area contributed by atoms with Crippen molar-refractivity contribution in [2.45, 2.75) is 12.4 Å². The molecule has 0 spiro atoms. The van der Waals surface area contributed by atoms with Crippen molar-refractivity contribution >= 4 is 11.6 Å². The van der Waals surface area contributed by atoms with E-state index in [4.69, 9.17) is 11.6 Å². The lowest BCUT2D eigenvalue weighted by Crippen LogP contribution is -2.13. The molecule has 1 rings (SSSR count). The zero-order chi connectivity index (χ0) is 8.97. The lowest BCUT2D eigenvalue weighted by atomic mass is 10.5. The fraction of sp³-hybridized carbons (Fsp3) is 0.600. The van der Waals surface area contributed by atoms with Gasteiger partial charge in [0, 0.05) is 4.92 Å². The molecule has 1 heterocycles. The zero-order valence-corrected chi connectivity index (χ0v) is 6.94. The van der Waals surface area contributed by atoms with E-state index in [1.165, 1.54) is 10.9 Å². The second-order valence-electron chi connectivity index (χ2n) is 2.14. The van der Waals surface area contributed by atoms with Gasteiger partial charge in [0.25, 0.3) is 0 Å². The number of nitro groups is 1. The van der Waals surface area contributed by atoms with Crippen LogP contribution in [0.15, 0.2) is 6.20 Å². The first-order valence-corrected chi connectivity index (χ1v) is 3.82. The molecule has 66 valence electrons. The molecule has 7 heteroatoms. The SMILES string of the molecule is O=[N+]([O-])CCn1nncc1CCl. The average molecular weight is 191 g/mol. The molecule has 6 nitrogen and oxygen atoms in total. The van der Waals surface area contributed by atoms with Crippen LogP contribution < -0.4 is 0 Å². The highest BCUT2D eigenvalue weighted by molar-refractivity contribution is 6.16. The van der Waals surface area contributed by atoms with Crippen LogP contribution in [0.1, 0.15) is 5.69 Å². The summed E-state index contributed by atoms with van der Waals surface area (Å²) in [5.41, 5.74) is 0.693. The predicted molar refractivity (Wildman–Crippen MR) is 41.4 cm³/mol. The molecule has 0 unspecified atom stereocenters. The van der Waals surface area contributed by atoms with Crippen molar-refractivity contribution in [3.8, 4) is 0 Å². The van der Waals surface area contributed by atoms with Crippen LogP contribution in [0.5, 0.6) is 0 Å². The number of rotatable bonds is 4. The van der Waals surface area contributed by atoms with E-state index in [9.17, 15) is 10.1 Å². The number of aromatic nitrogens is 3. The Kier molecular flexibility index (Phi) is 2.98. The molecular formula is C5H7ClN4O2. The number of halogens is 1. The van der Waals surface area contributed by atoms with Gasteiger partial charge in [0.1, 0.15) is 6.54 Å². The molecule has 0 saturated carbocycles. The fourth-order valence-electron chi connectivity index (χ4n) is 0.747. The third-order valence-electron chi connectivity index (χ3n) is 1.33. The number of hydrogen-bond donors (Lipinski definition) is 0. The molecule has 0 fully saturated rings. The van der Waals surface area contributed by atoms with Gasteiger partial charge in [-0.05, 0) is 0 Å². The zero-order valence-electron chi connectivity index (χ0n) is 6.18. The molecule has 0 aliphatic rings. The summed E-state index contributed by atoms with van der Waals surface area (Å²) in [6.45, 7) is 0.0578. The quantitative estimate of drug-likeness (QED) is 0.389. The summed E-state index contributed by atoms with van der Waals surface area (Å²) in [6, 6.07) is 0. The summed E-state index contributed by atoms with van der Waals surface area (Å²) in [5.74, 6) is 0.269. The van der Waals surface area contributed by atoms with Gasteiger partial charge in [0.2, 0.25) is 6.54 Å². The number of nitrogens with zero attached hydrogens (tertiary/aromatic N) is 4. The van der Waals surface area contributed by atoms with Gasteiger partial charge in [-0.3, -0.25) is 10.1 Å². The summed E-state index contributed by atoms with van der Waals surface area (Å²) in [4.78, 5) is 9.60. The Hall–Kier alpha value is -1.17. The van der Waals surface area contributed by atoms with Crippen LogP contribution in [0.25, 0.3) is 0 Å². The van der Waals surface area contributed by atoms with E-state index < -0.39 is 4.92 Å². The molecule has 12 heavy (non-hydrogen) atoms. The van der Waals surface area contributed by atoms with Gasteiger partial charge in [0.15, 0.2) is 0 Å². The molecule has 0 aliphatic carbocycles. The molecule has 0 bridgehead atoms. The fourth-order valence-corrected chi connectivity index (χ4v) is 0.954. The molecule has 1 aromatic heterocycles. The van der Waals surface area contributed by atoms with Crippen LogP contribution in [-0.2, 0) is 12.4 Å². The Morgan fingerprint density at radius 1 is 1.75 bits per heavy atom. The van der Waals surface area contributed by atoms with Crippen molar-refractivity contribution in [1.29, 1.82) is 0 Å². The standard InChI is InChI=1S/C5H7ClN4O2/c6-3-5-4-7-8-9(5)1-2-10(11)12/h4H,1-3H2. The second-order valence-corrected chi connectivity index (χ2v) is 2.41. The third-order valence-corrected chi connectivity index (χ3v) is 1.60. The topological polar surface area (TPSA) is 73.8 Å². The van der Waals surface area contributed by atoms with Crippen molar-refractivity contribution in [2.75, 3.05) is 6.54 Å². The summed E-state index contributed by atoms with van der Waals surface area (Å²) >= 11 is 5.52. The van der Waals surface area contributed by atoms with Gasteiger partial charge in [-0.1, -0.05) is 5.21 Å². The maximum absolute atomic E-state index is 10.0. The van der Waals surface area contributed by atoms with Crippen LogP contribution in [0.3, 0.4) is 0 Å². The van der Waals surface area contributed by atoms with Crippen LogP contribution in [0, 0.1) is 10.1 Å². The van der Waals surface area contributed by atoms with Crippen molar-refractivity contribution < 1.29 is 4.92 Å². The van der Waals surface area contributed by atoms with E-state index in [-0.39, 0.29) is 19.0 Å². The molecule has 0 radical (unpaired) electrons. The Bertz CT molecular complexity index is 274. The number of alkyl halides is 1. The Morgan fingerprint density at radius 2 is 2.50 bits per heavy atom. The molecule has 0 atom stereocenters. The van der Waals surface area contributed by atoms with E-state index in [0.29, 0.717) is 5.69 Å². The minimum atomic E-state index is -0.403. The summed E-state index contributed by atoms with van der Waals surface area (Å²) in [7, 11) is 0. The maximum atomic E-state index is 10.0. The van der Waals surface area contributed by atoms with E-state index in [2.05, 4.69) is 10.3 Å². The van der Waals surface area contributed by atoms with Crippen molar-refractivity contribution in [1.82, 2.24) is 15.0 Å². The summed E-state index contributed by atoms with van der Waals surface area (Å²) in [5, 5.41) is 17.2. The van der Waals surface area contributed by atoms with Gasteiger partial charge in [-0.15, -0.1) is 16.7 Å². The highest BCUT2D eigenvalue weighted by Gasteiger charge is 2.04. The smallest absolute Gasteiger partial charge is 0.223 e. The molecule has 0 N–H and O–H groups in total. The van der Waals surface area contributed by atoms with Gasteiger partial charge in [0.05, 0.1) is 17.8 Å². The Labute approximate surface area is 73.3 Å². The minimum Gasteiger partial charge on any atom is -0.264 e. The summed E-state index contributed by atoms with van der Waals surface area (Å²) in [6.07, 6.45) is 1.49. The minimum absolute atomic E-state index is 0.159. The lowest BCUT2D eigenvalue weighted by Gasteiger charge is -1.98. The van der Waals surface area contributed by atoms with Gasteiger partial charge >= 0.3 is 0 Å². The third kappa shape index (κ3) is 2.16. The van der Waals surface area contributed by atoms with E-state index >= 15 is 0 Å². The Morgan fingerprint density at radius 3 is 3.08 bits per heavy atom. The highest BCUT2D eigenvalue weighted by atomic mass is 35.5. The highest BCUT2D eigenvalue weighted by Crippen LogP contribution is 1.99. The van der Waals surface area contributed by atoms with E-state index in [1.54, 1.807) is 0 Å². The monoisotopic (exact) mass is 190 g/mol. The predicted octanol–water partition coefficient (Wildman–Crippen LogP) is 0.294. The van der Waals surface area contributed by atoms with Gasteiger partial charge in [-0.2, -0.15) is 0 Å². The molecule has 1 aromatic rings. The van der Waals surface area contributed by atoms with Crippen molar-refractivity contribution in [3.05, 3.63) is 22.0 Å². The normalized spacial score (nSPS) is 10.1. The van der Waals surface area contributed by atoms with E-state index in [0.717, 1.165) is 0 Å². The van der Waals surface area contributed by atoms with Gasteiger partial charge in [-0.25, -0.2) is 4.68 Å². The number of hydrogen-bond acceptors (Lipinski definition) is 4. The largest absolute Gasteiger partial charge is 0.264 e.